The van der Waals surface area contributed by atoms with Crippen molar-refractivity contribution in [1.82, 2.24) is 0 Å². The van der Waals surface area contributed by atoms with E-state index in [1.165, 1.54) is 22.3 Å². The summed E-state index contributed by atoms with van der Waals surface area (Å²) in [5.74, 6) is 0.606. The molecule has 0 atom stereocenters. The predicted molar refractivity (Wildman–Crippen MR) is 71.6 cm³/mol. The molecule has 2 aromatic rings. The molecule has 0 radical (unpaired) electrons. The minimum absolute atomic E-state index is 0.606. The van der Waals surface area contributed by atoms with E-state index in [-0.39, 0.29) is 0 Å². The van der Waals surface area contributed by atoms with Crippen molar-refractivity contribution in [2.45, 2.75) is 13.3 Å². The van der Waals surface area contributed by atoms with E-state index >= 15 is 0 Å². The average Bonchev–Trinajstić information content (AvgIpc) is 2.68. The van der Waals surface area contributed by atoms with E-state index < -0.39 is 0 Å². The number of rotatable bonds is 1. The van der Waals surface area contributed by atoms with Gasteiger partial charge in [-0.2, -0.15) is 0 Å². The summed E-state index contributed by atoms with van der Waals surface area (Å²) in [6, 6.07) is 14.7. The molecule has 0 amide bonds. The zero-order valence-corrected chi connectivity index (χ0v) is 9.77. The van der Waals surface area contributed by atoms with E-state index in [1.54, 1.807) is 0 Å². The van der Waals surface area contributed by atoms with Crippen molar-refractivity contribution in [3.63, 3.8) is 0 Å². The molecule has 17 heavy (non-hydrogen) atoms. The van der Waals surface area contributed by atoms with Crippen LogP contribution in [0.25, 0.3) is 11.1 Å². The Balaban J connectivity index is 2.21. The molecule has 0 unspecified atom stereocenters. The monoisotopic (exact) mass is 222 g/mol. The lowest BCUT2D eigenvalue weighted by molar-refractivity contribution is 1.24. The van der Waals surface area contributed by atoms with Crippen LogP contribution in [-0.4, -0.2) is 5.84 Å². The second-order valence-electron chi connectivity index (χ2n) is 4.39. The summed E-state index contributed by atoms with van der Waals surface area (Å²) in [5.41, 5.74) is 12.0. The average molecular weight is 222 g/mol. The molecular weight excluding hydrogens is 208 g/mol. The van der Waals surface area contributed by atoms with Crippen molar-refractivity contribution in [3.8, 4) is 11.1 Å². The lowest BCUT2D eigenvalue weighted by Gasteiger charge is -2.04. The summed E-state index contributed by atoms with van der Waals surface area (Å²) in [4.78, 5) is 4.41. The Morgan fingerprint density at radius 1 is 1.06 bits per heavy atom. The molecular formula is C15H14N2. The van der Waals surface area contributed by atoms with Gasteiger partial charge in [0.15, 0.2) is 0 Å². The molecule has 0 aliphatic heterocycles. The fourth-order valence-corrected chi connectivity index (χ4v) is 2.44. The molecule has 2 aromatic carbocycles. The SMILES string of the molecule is CC(N)=Nc1cccc2c1Cc1ccccc1-2. The molecule has 2 heteroatoms. The molecule has 0 saturated heterocycles. The van der Waals surface area contributed by atoms with Gasteiger partial charge in [-0.05, 0) is 35.2 Å². The van der Waals surface area contributed by atoms with Crippen molar-refractivity contribution < 1.29 is 0 Å². The highest BCUT2D eigenvalue weighted by atomic mass is 14.8. The molecule has 0 heterocycles. The third-order valence-corrected chi connectivity index (χ3v) is 3.12. The molecule has 0 spiro atoms. The molecule has 3 rings (SSSR count). The van der Waals surface area contributed by atoms with Gasteiger partial charge in [0.05, 0.1) is 11.5 Å². The van der Waals surface area contributed by atoms with Gasteiger partial charge in [-0.25, -0.2) is 4.99 Å². The van der Waals surface area contributed by atoms with Gasteiger partial charge < -0.3 is 5.73 Å². The standard InChI is InChI=1S/C15H14N2/c1-10(16)17-15-8-4-7-13-12-6-3-2-5-11(12)9-14(13)15/h2-8H,9H2,1H3,(H2,16,17). The third-order valence-electron chi connectivity index (χ3n) is 3.12. The molecule has 0 aromatic heterocycles. The van der Waals surface area contributed by atoms with Crippen molar-refractivity contribution in [2.24, 2.45) is 10.7 Å². The van der Waals surface area contributed by atoms with Crippen LogP contribution in [0.4, 0.5) is 5.69 Å². The number of aliphatic imine (C=N–C) groups is 1. The summed E-state index contributed by atoms with van der Waals surface area (Å²) in [6.45, 7) is 1.82. The Kier molecular flexibility index (Phi) is 2.22. The summed E-state index contributed by atoms with van der Waals surface area (Å²) in [5, 5.41) is 0. The second kappa shape index (κ2) is 3.74. The first kappa shape index (κ1) is 10.1. The van der Waals surface area contributed by atoms with Crippen LogP contribution in [0.3, 0.4) is 0 Å². The fourth-order valence-electron chi connectivity index (χ4n) is 2.44. The smallest absolute Gasteiger partial charge is 0.0965 e. The third kappa shape index (κ3) is 1.62. The van der Waals surface area contributed by atoms with Gasteiger partial charge in [0, 0.05) is 6.42 Å². The summed E-state index contributed by atoms with van der Waals surface area (Å²) >= 11 is 0. The van der Waals surface area contributed by atoms with Gasteiger partial charge >= 0.3 is 0 Å². The Morgan fingerprint density at radius 3 is 2.65 bits per heavy atom. The number of benzene rings is 2. The van der Waals surface area contributed by atoms with Crippen LogP contribution >= 0.6 is 0 Å². The topological polar surface area (TPSA) is 38.4 Å². The molecule has 84 valence electrons. The lowest BCUT2D eigenvalue weighted by Crippen LogP contribution is -2.04. The van der Waals surface area contributed by atoms with Crippen LogP contribution in [0.1, 0.15) is 18.1 Å². The number of hydrogen-bond donors (Lipinski definition) is 1. The number of nitrogens with zero attached hydrogens (tertiary/aromatic N) is 1. The number of fused-ring (bicyclic) bond motifs is 3. The second-order valence-corrected chi connectivity index (χ2v) is 4.39. The maximum atomic E-state index is 5.67. The molecule has 1 aliphatic rings. The van der Waals surface area contributed by atoms with Gasteiger partial charge in [0.25, 0.3) is 0 Å². The van der Waals surface area contributed by atoms with E-state index in [0.717, 1.165) is 12.1 Å². The largest absolute Gasteiger partial charge is 0.387 e. The number of amidine groups is 1. The summed E-state index contributed by atoms with van der Waals surface area (Å²) in [7, 11) is 0. The van der Waals surface area contributed by atoms with E-state index in [4.69, 9.17) is 5.73 Å². The maximum Gasteiger partial charge on any atom is 0.0965 e. The first-order valence-electron chi connectivity index (χ1n) is 5.76. The Hall–Kier alpha value is -2.09. The van der Waals surface area contributed by atoms with Crippen molar-refractivity contribution in [2.75, 3.05) is 0 Å². The summed E-state index contributed by atoms with van der Waals surface area (Å²) < 4.78 is 0. The predicted octanol–water partition coefficient (Wildman–Crippen LogP) is 3.27. The van der Waals surface area contributed by atoms with Crippen molar-refractivity contribution in [3.05, 3.63) is 53.6 Å². The highest BCUT2D eigenvalue weighted by molar-refractivity contribution is 5.85. The quantitative estimate of drug-likeness (QED) is 0.498. The van der Waals surface area contributed by atoms with Crippen LogP contribution in [0.15, 0.2) is 47.5 Å². The van der Waals surface area contributed by atoms with E-state index in [2.05, 4.69) is 35.3 Å². The van der Waals surface area contributed by atoms with Gasteiger partial charge in [0.2, 0.25) is 0 Å². The van der Waals surface area contributed by atoms with Crippen molar-refractivity contribution >= 4 is 11.5 Å². The zero-order chi connectivity index (χ0) is 11.8. The minimum Gasteiger partial charge on any atom is -0.387 e. The Bertz CT molecular complexity index is 608. The van der Waals surface area contributed by atoms with Gasteiger partial charge in [-0.1, -0.05) is 36.4 Å². The number of hydrogen-bond acceptors (Lipinski definition) is 1. The van der Waals surface area contributed by atoms with Crippen molar-refractivity contribution in [1.29, 1.82) is 0 Å². The van der Waals surface area contributed by atoms with Crippen LogP contribution in [0.5, 0.6) is 0 Å². The van der Waals surface area contributed by atoms with Gasteiger partial charge in [-0.15, -0.1) is 0 Å². The lowest BCUT2D eigenvalue weighted by atomic mass is 10.1. The minimum atomic E-state index is 0.606. The molecule has 0 saturated carbocycles. The first-order valence-corrected chi connectivity index (χ1v) is 5.76. The van der Waals surface area contributed by atoms with E-state index in [9.17, 15) is 0 Å². The first-order chi connectivity index (χ1) is 8.25. The van der Waals surface area contributed by atoms with Crippen LogP contribution in [-0.2, 0) is 6.42 Å². The van der Waals surface area contributed by atoms with E-state index in [1.807, 2.05) is 19.1 Å². The molecule has 2 N–H and O–H groups in total. The Morgan fingerprint density at radius 2 is 1.82 bits per heavy atom. The molecule has 2 nitrogen and oxygen atoms in total. The molecule has 0 fully saturated rings. The zero-order valence-electron chi connectivity index (χ0n) is 9.77. The maximum absolute atomic E-state index is 5.67. The summed E-state index contributed by atoms with van der Waals surface area (Å²) in [6.07, 6.45) is 0.957. The highest BCUT2D eigenvalue weighted by Gasteiger charge is 2.19. The van der Waals surface area contributed by atoms with E-state index in [0.29, 0.717) is 5.84 Å². The fraction of sp³-hybridized carbons (Fsp3) is 0.133. The van der Waals surface area contributed by atoms with Crippen LogP contribution < -0.4 is 5.73 Å². The molecule has 0 bridgehead atoms. The highest BCUT2D eigenvalue weighted by Crippen LogP contribution is 2.40. The van der Waals surface area contributed by atoms with Gasteiger partial charge in [-0.3, -0.25) is 0 Å². The number of nitrogens with two attached hydrogens (primary N) is 1. The van der Waals surface area contributed by atoms with Gasteiger partial charge in [0.1, 0.15) is 0 Å². The normalized spacial score (nSPS) is 13.4. The Labute approximate surface area is 101 Å². The molecule has 1 aliphatic carbocycles. The van der Waals surface area contributed by atoms with Crippen LogP contribution in [0, 0.1) is 0 Å². The van der Waals surface area contributed by atoms with Crippen LogP contribution in [0.2, 0.25) is 0 Å².